The fraction of sp³-hybridized carbons (Fsp3) is 0.836. The Bertz CT molecular complexity index is 1140. The monoisotopic (exact) mass is 904 g/mol. The average molecular weight is 904 g/mol. The molecule has 1 amide bonds. The Balaban J connectivity index is 1.94. The highest BCUT2D eigenvalue weighted by Crippen LogP contribution is 2.23. The Morgan fingerprint density at radius 1 is 0.531 bits per heavy atom. The largest absolute Gasteiger partial charge is 0.394 e. The van der Waals surface area contributed by atoms with Crippen molar-refractivity contribution in [3.63, 3.8) is 0 Å². The Kier molecular flexibility index (Phi) is 42.3. The fourth-order valence-corrected chi connectivity index (χ4v) is 8.33. The van der Waals surface area contributed by atoms with Gasteiger partial charge in [0, 0.05) is 6.42 Å². The summed E-state index contributed by atoms with van der Waals surface area (Å²) in [5.74, 6) is -0.184. The Hall–Kier alpha value is -1.85. The van der Waals surface area contributed by atoms with Gasteiger partial charge in [-0.15, -0.1) is 0 Å². The van der Waals surface area contributed by atoms with E-state index >= 15 is 0 Å². The predicted octanol–water partition coefficient (Wildman–Crippen LogP) is 12.6. The molecule has 7 unspecified atom stereocenters. The van der Waals surface area contributed by atoms with E-state index in [-0.39, 0.29) is 12.5 Å². The summed E-state index contributed by atoms with van der Waals surface area (Å²) in [6.07, 6.45) is 52.8. The molecule has 0 saturated carbocycles. The van der Waals surface area contributed by atoms with Crippen molar-refractivity contribution in [3.05, 3.63) is 48.6 Å². The molecule has 1 heterocycles. The summed E-state index contributed by atoms with van der Waals surface area (Å²) in [7, 11) is 0. The van der Waals surface area contributed by atoms with E-state index in [0.29, 0.717) is 6.42 Å². The van der Waals surface area contributed by atoms with Crippen LogP contribution in [-0.4, -0.2) is 87.5 Å². The molecule has 1 aliphatic rings. The summed E-state index contributed by atoms with van der Waals surface area (Å²) in [5.41, 5.74) is 0. The van der Waals surface area contributed by atoms with Crippen molar-refractivity contribution in [2.45, 2.75) is 281 Å². The number of hydrogen-bond donors (Lipinski definition) is 6. The van der Waals surface area contributed by atoms with Crippen LogP contribution < -0.4 is 5.32 Å². The van der Waals surface area contributed by atoms with Gasteiger partial charge in [0.15, 0.2) is 6.29 Å². The number of ether oxygens (including phenoxy) is 2. The molecular weight excluding hydrogens is 803 g/mol. The first-order chi connectivity index (χ1) is 31.3. The van der Waals surface area contributed by atoms with Crippen LogP contribution in [-0.2, 0) is 14.3 Å². The second kappa shape index (κ2) is 45.0. The predicted molar refractivity (Wildman–Crippen MR) is 267 cm³/mol. The van der Waals surface area contributed by atoms with E-state index in [2.05, 4.69) is 55.6 Å². The van der Waals surface area contributed by atoms with Crippen molar-refractivity contribution in [1.29, 1.82) is 0 Å². The summed E-state index contributed by atoms with van der Waals surface area (Å²) in [4.78, 5) is 12.8. The number of allylic oxidation sites excluding steroid dienone is 7. The third-order valence-corrected chi connectivity index (χ3v) is 12.6. The number of hydrogen-bond acceptors (Lipinski definition) is 8. The maximum absolute atomic E-state index is 12.8. The molecule has 0 aromatic rings. The van der Waals surface area contributed by atoms with Gasteiger partial charge >= 0.3 is 0 Å². The Morgan fingerprint density at radius 3 is 1.39 bits per heavy atom. The maximum atomic E-state index is 12.8. The van der Waals surface area contributed by atoms with Crippen LogP contribution in [0.5, 0.6) is 0 Å². The molecule has 7 atom stereocenters. The van der Waals surface area contributed by atoms with E-state index in [1.165, 1.54) is 167 Å². The molecule has 0 aromatic carbocycles. The molecule has 374 valence electrons. The van der Waals surface area contributed by atoms with Gasteiger partial charge in [-0.2, -0.15) is 0 Å². The molecule has 1 saturated heterocycles. The number of unbranched alkanes of at least 4 members (excludes halogenated alkanes) is 29. The zero-order chi connectivity index (χ0) is 46.6. The third kappa shape index (κ3) is 34.5. The molecule has 0 aliphatic carbocycles. The molecule has 0 aromatic heterocycles. The number of aliphatic hydroxyl groups excluding tert-OH is 5. The summed E-state index contributed by atoms with van der Waals surface area (Å²) in [6, 6.07) is -0.799. The molecule has 0 spiro atoms. The van der Waals surface area contributed by atoms with Crippen LogP contribution in [0.1, 0.15) is 239 Å². The summed E-state index contributed by atoms with van der Waals surface area (Å²) in [5, 5.41) is 53.6. The second-order valence-corrected chi connectivity index (χ2v) is 18.7. The second-order valence-electron chi connectivity index (χ2n) is 18.7. The van der Waals surface area contributed by atoms with Gasteiger partial charge in [0.05, 0.1) is 25.4 Å². The van der Waals surface area contributed by atoms with Gasteiger partial charge in [0.2, 0.25) is 5.91 Å². The number of aliphatic hydroxyl groups is 5. The highest BCUT2D eigenvalue weighted by atomic mass is 16.7. The van der Waals surface area contributed by atoms with E-state index in [1.807, 2.05) is 6.08 Å². The smallest absolute Gasteiger partial charge is 0.220 e. The Morgan fingerprint density at radius 2 is 0.938 bits per heavy atom. The summed E-state index contributed by atoms with van der Waals surface area (Å²) >= 11 is 0. The molecule has 9 nitrogen and oxygen atoms in total. The van der Waals surface area contributed by atoms with Crippen molar-refractivity contribution < 1.29 is 39.8 Å². The van der Waals surface area contributed by atoms with Crippen molar-refractivity contribution in [2.24, 2.45) is 0 Å². The minimum absolute atomic E-state index is 0.184. The summed E-state index contributed by atoms with van der Waals surface area (Å²) in [6.45, 7) is 3.61. The molecule has 9 heteroatoms. The topological polar surface area (TPSA) is 149 Å². The van der Waals surface area contributed by atoms with E-state index in [4.69, 9.17) is 9.47 Å². The van der Waals surface area contributed by atoms with Gasteiger partial charge < -0.3 is 40.3 Å². The lowest BCUT2D eigenvalue weighted by molar-refractivity contribution is -0.302. The molecule has 0 radical (unpaired) electrons. The molecule has 1 aliphatic heterocycles. The Labute approximate surface area is 393 Å². The zero-order valence-corrected chi connectivity index (χ0v) is 41.3. The average Bonchev–Trinajstić information content (AvgIpc) is 3.29. The number of carbonyl (C=O) groups excluding carboxylic acids is 1. The molecule has 1 rings (SSSR count). The standard InChI is InChI=1S/C55H101NO8/c1-3-5-7-9-10-11-12-13-14-15-16-17-18-19-20-21-22-23-24-25-26-27-28-29-30-31-32-33-34-35-36-37-38-39-40-41-43-45-51(59)56-48(49(58)44-42-8-6-4-2)47-63-55-54(62)53(61)52(60)50(46-57)64-55/h12-13,15-16,18-19,42,44,48-50,52-55,57-58,60-62H,3-11,14,17,20-41,43,45-47H2,1-2H3,(H,56,59)/b13-12-,16-15-,19-18-,44-42+. The molecule has 6 N–H and O–H groups in total. The lowest BCUT2D eigenvalue weighted by atomic mass is 9.99. The van der Waals surface area contributed by atoms with Crippen LogP contribution in [0.4, 0.5) is 0 Å². The first kappa shape index (κ1) is 60.2. The first-order valence-electron chi connectivity index (χ1n) is 26.9. The fourth-order valence-electron chi connectivity index (χ4n) is 8.33. The zero-order valence-electron chi connectivity index (χ0n) is 41.3. The molecule has 0 bridgehead atoms. The lowest BCUT2D eigenvalue weighted by Crippen LogP contribution is -2.60. The van der Waals surface area contributed by atoms with Crippen LogP contribution >= 0.6 is 0 Å². The number of amides is 1. The highest BCUT2D eigenvalue weighted by molar-refractivity contribution is 5.76. The van der Waals surface area contributed by atoms with Crippen molar-refractivity contribution in [2.75, 3.05) is 13.2 Å². The van der Waals surface area contributed by atoms with Crippen LogP contribution in [0.15, 0.2) is 48.6 Å². The SMILES string of the molecule is CCCC/C=C/C(O)C(COC1OC(CO)C(O)C(O)C1O)NC(=O)CCCCCCCCCCCCCCCCCCCCCCCC/C=C\C/C=C\C/C=C\CCCCCCC. The molecular formula is C55H101NO8. The van der Waals surface area contributed by atoms with E-state index in [0.717, 1.165) is 51.4 Å². The number of rotatable bonds is 45. The van der Waals surface area contributed by atoms with Gasteiger partial charge in [-0.05, 0) is 51.4 Å². The van der Waals surface area contributed by atoms with Gasteiger partial charge in [-0.25, -0.2) is 0 Å². The number of carbonyl (C=O) groups is 1. The minimum Gasteiger partial charge on any atom is -0.394 e. The molecule has 1 fully saturated rings. The van der Waals surface area contributed by atoms with Crippen molar-refractivity contribution in [1.82, 2.24) is 5.32 Å². The van der Waals surface area contributed by atoms with Gasteiger partial charge in [-0.3, -0.25) is 4.79 Å². The van der Waals surface area contributed by atoms with Gasteiger partial charge in [0.1, 0.15) is 24.4 Å². The van der Waals surface area contributed by atoms with Crippen LogP contribution in [0.25, 0.3) is 0 Å². The van der Waals surface area contributed by atoms with E-state index in [9.17, 15) is 30.3 Å². The minimum atomic E-state index is -1.56. The number of nitrogens with one attached hydrogen (secondary N) is 1. The highest BCUT2D eigenvalue weighted by Gasteiger charge is 2.44. The maximum Gasteiger partial charge on any atom is 0.220 e. The quantitative estimate of drug-likeness (QED) is 0.0261. The van der Waals surface area contributed by atoms with Crippen LogP contribution in [0.3, 0.4) is 0 Å². The third-order valence-electron chi connectivity index (χ3n) is 12.6. The summed E-state index contributed by atoms with van der Waals surface area (Å²) < 4.78 is 11.1. The normalized spacial score (nSPS) is 20.4. The van der Waals surface area contributed by atoms with Crippen LogP contribution in [0.2, 0.25) is 0 Å². The van der Waals surface area contributed by atoms with Gasteiger partial charge in [0.25, 0.3) is 0 Å². The van der Waals surface area contributed by atoms with E-state index in [1.54, 1.807) is 6.08 Å². The van der Waals surface area contributed by atoms with Crippen LogP contribution in [0, 0.1) is 0 Å². The lowest BCUT2D eigenvalue weighted by Gasteiger charge is -2.40. The van der Waals surface area contributed by atoms with E-state index < -0.39 is 49.5 Å². The van der Waals surface area contributed by atoms with Crippen molar-refractivity contribution in [3.8, 4) is 0 Å². The van der Waals surface area contributed by atoms with Crippen molar-refractivity contribution >= 4 is 5.91 Å². The van der Waals surface area contributed by atoms with Gasteiger partial charge in [-0.1, -0.05) is 229 Å². The molecule has 64 heavy (non-hydrogen) atoms. The first-order valence-corrected chi connectivity index (χ1v) is 26.9.